The van der Waals surface area contributed by atoms with Gasteiger partial charge in [-0.2, -0.15) is 21.6 Å². The summed E-state index contributed by atoms with van der Waals surface area (Å²) in [6.45, 7) is 7.77. The van der Waals surface area contributed by atoms with Crippen LogP contribution in [0.4, 0.5) is 23.7 Å². The van der Waals surface area contributed by atoms with E-state index in [1.54, 1.807) is 12.1 Å². The number of anilines is 1. The van der Waals surface area contributed by atoms with E-state index in [2.05, 4.69) is 9.17 Å². The number of hydrogen-bond donors (Lipinski definition) is 1. The zero-order valence-electron chi connectivity index (χ0n) is 19.8. The van der Waals surface area contributed by atoms with Gasteiger partial charge in [0.2, 0.25) is 0 Å². The Balaban J connectivity index is 2.41. The van der Waals surface area contributed by atoms with Gasteiger partial charge in [-0.1, -0.05) is 50.6 Å². The number of carbonyl (C=O) groups is 1. The molecular weight excluding hydrogens is 485 g/mol. The van der Waals surface area contributed by atoms with E-state index in [1.807, 2.05) is 39.8 Å². The van der Waals surface area contributed by atoms with Crippen LogP contribution in [0.15, 0.2) is 42.5 Å². The maximum absolute atomic E-state index is 12.9. The molecule has 0 spiro atoms. The number of rotatable bonds is 5. The highest BCUT2D eigenvalue weighted by Crippen LogP contribution is 2.42. The van der Waals surface area contributed by atoms with Gasteiger partial charge in [0.05, 0.1) is 16.9 Å². The largest absolute Gasteiger partial charge is 0.534 e. The fraction of sp³-hybridized carbons (Fsp3) is 0.333. The minimum Gasteiger partial charge on any atom is -0.465 e. The van der Waals surface area contributed by atoms with E-state index in [1.165, 1.54) is 13.1 Å². The third-order valence-electron chi connectivity index (χ3n) is 5.15. The predicted octanol–water partition coefficient (Wildman–Crippen LogP) is 6.14. The van der Waals surface area contributed by atoms with Crippen molar-refractivity contribution in [2.45, 2.75) is 39.6 Å². The summed E-state index contributed by atoms with van der Waals surface area (Å²) in [4.78, 5) is 17.6. The number of amides is 1. The number of benzene rings is 2. The minimum absolute atomic E-state index is 0.240. The summed E-state index contributed by atoms with van der Waals surface area (Å²) < 4.78 is 66.1. The van der Waals surface area contributed by atoms with Crippen molar-refractivity contribution in [3.05, 3.63) is 53.7 Å². The zero-order valence-corrected chi connectivity index (χ0v) is 20.6. The van der Waals surface area contributed by atoms with E-state index in [0.29, 0.717) is 28.8 Å². The van der Waals surface area contributed by atoms with Crippen molar-refractivity contribution in [3.8, 4) is 16.9 Å². The molecule has 188 valence electrons. The number of nitrogens with zero attached hydrogens (tertiary/aromatic N) is 2. The lowest BCUT2D eigenvalue weighted by Crippen LogP contribution is -2.28. The standard InChI is InChI=1S/C24H25F3N2O5S/c1-14-6-8-15(9-7-14)20-17-12-16(34-35(32,33)24(25,26)27)10-11-18(17)28-19(13-23(2,3)4)21(20)29(5)22(30)31/h6-12H,13H2,1-5H3,(H,30,31). The van der Waals surface area contributed by atoms with Gasteiger partial charge in [-0.05, 0) is 42.5 Å². The summed E-state index contributed by atoms with van der Waals surface area (Å²) in [5, 5.41) is 10.1. The molecule has 2 aromatic carbocycles. The van der Waals surface area contributed by atoms with Gasteiger partial charge in [0, 0.05) is 18.0 Å². The van der Waals surface area contributed by atoms with Gasteiger partial charge in [0.1, 0.15) is 5.75 Å². The van der Waals surface area contributed by atoms with Gasteiger partial charge < -0.3 is 9.29 Å². The Labute approximate surface area is 201 Å². The van der Waals surface area contributed by atoms with Crippen LogP contribution in [-0.2, 0) is 16.5 Å². The highest BCUT2D eigenvalue weighted by atomic mass is 32.2. The molecule has 1 heterocycles. The normalized spacial score (nSPS) is 12.6. The molecule has 1 N–H and O–H groups in total. The second kappa shape index (κ2) is 9.03. The van der Waals surface area contributed by atoms with Crippen molar-refractivity contribution in [2.75, 3.05) is 11.9 Å². The van der Waals surface area contributed by atoms with Gasteiger partial charge in [0.25, 0.3) is 0 Å². The van der Waals surface area contributed by atoms with Crippen LogP contribution in [0.5, 0.6) is 5.75 Å². The number of halogens is 3. The number of hydrogen-bond acceptors (Lipinski definition) is 5. The van der Waals surface area contributed by atoms with E-state index in [0.717, 1.165) is 22.6 Å². The van der Waals surface area contributed by atoms with Crippen LogP contribution >= 0.6 is 0 Å². The Bertz CT molecular complexity index is 1380. The second-order valence-corrected chi connectivity index (χ2v) is 10.9. The Morgan fingerprint density at radius 3 is 2.20 bits per heavy atom. The van der Waals surface area contributed by atoms with Crippen LogP contribution in [0, 0.1) is 12.3 Å². The van der Waals surface area contributed by atoms with E-state index >= 15 is 0 Å². The Kier molecular flexibility index (Phi) is 6.78. The van der Waals surface area contributed by atoms with Crippen molar-refractivity contribution in [3.63, 3.8) is 0 Å². The molecule has 0 aliphatic heterocycles. The number of carboxylic acid groups (broad SMARTS) is 1. The van der Waals surface area contributed by atoms with Crippen LogP contribution in [0.3, 0.4) is 0 Å². The molecule has 0 bridgehead atoms. The van der Waals surface area contributed by atoms with E-state index in [9.17, 15) is 31.5 Å². The monoisotopic (exact) mass is 510 g/mol. The molecule has 0 aliphatic carbocycles. The quantitative estimate of drug-likeness (QED) is 0.327. The lowest BCUT2D eigenvalue weighted by Gasteiger charge is -2.26. The SMILES string of the molecule is Cc1ccc(-c2c(N(C)C(=O)O)c(CC(C)(C)C)nc3ccc(OS(=O)(=O)C(F)(F)F)cc23)cc1. The first kappa shape index (κ1) is 26.3. The summed E-state index contributed by atoms with van der Waals surface area (Å²) >= 11 is 0. The third-order valence-corrected chi connectivity index (χ3v) is 6.13. The highest BCUT2D eigenvalue weighted by molar-refractivity contribution is 7.88. The Morgan fingerprint density at radius 2 is 1.69 bits per heavy atom. The molecule has 0 atom stereocenters. The summed E-state index contributed by atoms with van der Waals surface area (Å²) in [7, 11) is -4.55. The fourth-order valence-electron chi connectivity index (χ4n) is 3.60. The first-order valence-corrected chi connectivity index (χ1v) is 11.9. The lowest BCUT2D eigenvalue weighted by atomic mass is 9.87. The van der Waals surface area contributed by atoms with Gasteiger partial charge in [-0.25, -0.2) is 4.79 Å². The molecule has 1 amide bonds. The predicted molar refractivity (Wildman–Crippen MR) is 127 cm³/mol. The molecule has 7 nitrogen and oxygen atoms in total. The molecule has 0 radical (unpaired) electrons. The second-order valence-electron chi connectivity index (χ2n) is 9.39. The molecule has 1 aromatic heterocycles. The molecule has 0 saturated carbocycles. The zero-order chi connectivity index (χ0) is 26.3. The third kappa shape index (κ3) is 5.67. The number of alkyl halides is 3. The maximum Gasteiger partial charge on any atom is 0.534 e. The average molecular weight is 511 g/mol. The van der Waals surface area contributed by atoms with Crippen molar-refractivity contribution < 1.29 is 35.7 Å². The van der Waals surface area contributed by atoms with Crippen molar-refractivity contribution in [2.24, 2.45) is 5.41 Å². The number of aryl methyl sites for hydroxylation is 1. The molecule has 0 fully saturated rings. The van der Waals surface area contributed by atoms with Crippen LogP contribution in [0.1, 0.15) is 32.0 Å². The smallest absolute Gasteiger partial charge is 0.465 e. The Morgan fingerprint density at radius 1 is 1.09 bits per heavy atom. The summed E-state index contributed by atoms with van der Waals surface area (Å²) in [6.07, 6.45) is -0.864. The minimum atomic E-state index is -5.90. The topological polar surface area (TPSA) is 96.8 Å². The number of aromatic nitrogens is 1. The van der Waals surface area contributed by atoms with Crippen LogP contribution in [-0.4, -0.2) is 37.2 Å². The summed E-state index contributed by atoms with van der Waals surface area (Å²) in [6, 6.07) is 10.7. The summed E-state index contributed by atoms with van der Waals surface area (Å²) in [5.74, 6) is -0.572. The van der Waals surface area contributed by atoms with E-state index in [-0.39, 0.29) is 16.5 Å². The molecule has 3 rings (SSSR count). The molecule has 3 aromatic rings. The van der Waals surface area contributed by atoms with Crippen molar-refractivity contribution >= 4 is 32.8 Å². The van der Waals surface area contributed by atoms with Gasteiger partial charge in [0.15, 0.2) is 0 Å². The maximum atomic E-state index is 12.9. The molecule has 0 aliphatic rings. The first-order valence-electron chi connectivity index (χ1n) is 10.5. The lowest BCUT2D eigenvalue weighted by molar-refractivity contribution is -0.0500. The molecule has 11 heteroatoms. The molecular formula is C24H25F3N2O5S. The first-order chi connectivity index (χ1) is 16.0. The van der Waals surface area contributed by atoms with Crippen LogP contribution in [0.2, 0.25) is 0 Å². The van der Waals surface area contributed by atoms with Gasteiger partial charge in [-0.15, -0.1) is 0 Å². The van der Waals surface area contributed by atoms with Gasteiger partial charge >= 0.3 is 21.7 Å². The number of fused-ring (bicyclic) bond motifs is 1. The van der Waals surface area contributed by atoms with Crippen LogP contribution in [0.25, 0.3) is 22.0 Å². The van der Waals surface area contributed by atoms with E-state index < -0.39 is 27.5 Å². The molecule has 35 heavy (non-hydrogen) atoms. The van der Waals surface area contributed by atoms with E-state index in [4.69, 9.17) is 0 Å². The average Bonchev–Trinajstić information content (AvgIpc) is 2.71. The summed E-state index contributed by atoms with van der Waals surface area (Å²) in [5.41, 5.74) is -2.91. The number of pyridine rings is 1. The van der Waals surface area contributed by atoms with Crippen molar-refractivity contribution in [1.29, 1.82) is 0 Å². The molecule has 0 saturated heterocycles. The van der Waals surface area contributed by atoms with Gasteiger partial charge in [-0.3, -0.25) is 9.88 Å². The highest BCUT2D eigenvalue weighted by Gasteiger charge is 2.48. The molecule has 0 unspecified atom stereocenters. The van der Waals surface area contributed by atoms with Crippen LogP contribution < -0.4 is 9.08 Å². The Hall–Kier alpha value is -3.34. The van der Waals surface area contributed by atoms with Crippen molar-refractivity contribution in [1.82, 2.24) is 4.98 Å². The fourth-order valence-corrected chi connectivity index (χ4v) is 4.06.